The van der Waals surface area contributed by atoms with Crippen LogP contribution >= 0.6 is 15.9 Å². The molecule has 1 heterocycles. The van der Waals surface area contributed by atoms with Gasteiger partial charge in [-0.15, -0.1) is 0 Å². The lowest BCUT2D eigenvalue weighted by molar-refractivity contribution is -0.129. The monoisotopic (exact) mass is 497 g/mol. The molecule has 0 unspecified atom stereocenters. The van der Waals surface area contributed by atoms with Crippen LogP contribution in [0.3, 0.4) is 0 Å². The normalized spacial score (nSPS) is 15.0. The molecule has 0 spiro atoms. The highest BCUT2D eigenvalue weighted by Gasteiger charge is 2.25. The number of hydrogen-bond donors (Lipinski definition) is 0. The summed E-state index contributed by atoms with van der Waals surface area (Å²) in [4.78, 5) is 16.7. The van der Waals surface area contributed by atoms with Crippen LogP contribution in [-0.4, -0.2) is 20.3 Å². The lowest BCUT2D eigenvalue weighted by Gasteiger charge is -2.10. The lowest BCUT2D eigenvalue weighted by atomic mass is 10.1. The Hall–Kier alpha value is -3.23. The minimum absolute atomic E-state index is 0.0245. The van der Waals surface area contributed by atoms with Crippen molar-refractivity contribution in [3.05, 3.63) is 99.7 Å². The summed E-state index contributed by atoms with van der Waals surface area (Å²) in [7, 11) is -4.05. The first-order valence-corrected chi connectivity index (χ1v) is 11.4. The van der Waals surface area contributed by atoms with Gasteiger partial charge >= 0.3 is 16.1 Å². The number of aliphatic imine (C=N–C) groups is 1. The average molecular weight is 498 g/mol. The van der Waals surface area contributed by atoms with Gasteiger partial charge in [0.15, 0.2) is 5.70 Å². The van der Waals surface area contributed by atoms with Crippen LogP contribution in [0.25, 0.3) is 6.08 Å². The van der Waals surface area contributed by atoms with Crippen molar-refractivity contribution in [3.63, 3.8) is 0 Å². The van der Waals surface area contributed by atoms with Gasteiger partial charge < -0.3 is 8.92 Å². The molecule has 0 N–H and O–H groups in total. The Kier molecular flexibility index (Phi) is 5.75. The van der Waals surface area contributed by atoms with E-state index in [1.54, 1.807) is 30.3 Å². The molecule has 0 radical (unpaired) electrons. The summed E-state index contributed by atoms with van der Waals surface area (Å²) in [6.07, 6.45) is 1.43. The zero-order valence-corrected chi connectivity index (χ0v) is 18.7. The number of hydrogen-bond acceptors (Lipinski definition) is 6. The van der Waals surface area contributed by atoms with Crippen molar-refractivity contribution in [3.8, 4) is 5.75 Å². The summed E-state index contributed by atoms with van der Waals surface area (Å²) in [6.45, 7) is 1.95. The fraction of sp³-hybridized carbons (Fsp3) is 0.0435. The van der Waals surface area contributed by atoms with Crippen LogP contribution in [0.1, 0.15) is 16.7 Å². The second-order valence-electron chi connectivity index (χ2n) is 6.73. The highest BCUT2D eigenvalue weighted by molar-refractivity contribution is 9.10. The Labute approximate surface area is 188 Å². The number of ether oxygens (including phenoxy) is 1. The van der Waals surface area contributed by atoms with E-state index >= 15 is 0 Å². The number of nitrogens with zero attached hydrogens (tertiary/aromatic N) is 1. The maximum atomic E-state index is 12.6. The summed E-state index contributed by atoms with van der Waals surface area (Å²) in [5.41, 5.74) is 2.13. The quantitative estimate of drug-likeness (QED) is 0.285. The van der Waals surface area contributed by atoms with E-state index in [9.17, 15) is 13.2 Å². The van der Waals surface area contributed by atoms with Crippen molar-refractivity contribution in [2.24, 2.45) is 4.99 Å². The summed E-state index contributed by atoms with van der Waals surface area (Å²) in [5, 5.41) is 0. The van der Waals surface area contributed by atoms with Crippen LogP contribution in [-0.2, 0) is 19.6 Å². The van der Waals surface area contributed by atoms with Crippen LogP contribution in [0.15, 0.2) is 92.9 Å². The Morgan fingerprint density at radius 2 is 1.71 bits per heavy atom. The van der Waals surface area contributed by atoms with Crippen molar-refractivity contribution in [1.29, 1.82) is 0 Å². The van der Waals surface area contributed by atoms with Crippen LogP contribution in [0.4, 0.5) is 0 Å². The summed E-state index contributed by atoms with van der Waals surface area (Å²) in [6, 6.07) is 20.0. The number of halogens is 1. The molecule has 3 aromatic rings. The number of rotatable bonds is 5. The fourth-order valence-corrected chi connectivity index (χ4v) is 4.19. The van der Waals surface area contributed by atoms with Crippen LogP contribution < -0.4 is 4.18 Å². The average Bonchev–Trinajstić information content (AvgIpc) is 3.11. The maximum Gasteiger partial charge on any atom is 0.363 e. The van der Waals surface area contributed by atoms with Gasteiger partial charge in [0.1, 0.15) is 10.6 Å². The molecular weight excluding hydrogens is 482 g/mol. The zero-order valence-electron chi connectivity index (χ0n) is 16.3. The van der Waals surface area contributed by atoms with Crippen LogP contribution in [0.5, 0.6) is 5.75 Å². The standard InChI is InChI=1S/C23H16BrNO5S/c1-15-7-9-16(10-8-15)22-25-20(23(26)29-22)14-17-13-18(24)11-12-21(17)30-31(27,28)19-5-3-2-4-6-19/h2-14H,1H3/b20-14+. The number of esters is 1. The minimum atomic E-state index is -4.05. The molecule has 0 bridgehead atoms. The number of benzene rings is 3. The van der Waals surface area contributed by atoms with E-state index in [1.165, 1.54) is 24.3 Å². The molecule has 8 heteroatoms. The first-order valence-electron chi connectivity index (χ1n) is 9.20. The fourth-order valence-electron chi connectivity index (χ4n) is 2.84. The van der Waals surface area contributed by atoms with Gasteiger partial charge in [0.2, 0.25) is 5.90 Å². The number of aryl methyl sites for hydroxylation is 1. The predicted octanol–water partition coefficient (Wildman–Crippen LogP) is 4.87. The largest absolute Gasteiger partial charge is 0.402 e. The van der Waals surface area contributed by atoms with Crippen molar-refractivity contribution in [1.82, 2.24) is 0 Å². The van der Waals surface area contributed by atoms with Gasteiger partial charge in [-0.05, 0) is 55.5 Å². The molecule has 0 saturated heterocycles. The van der Waals surface area contributed by atoms with E-state index in [0.717, 1.165) is 5.56 Å². The first kappa shape index (κ1) is 21.0. The number of cyclic esters (lactones) is 1. The smallest absolute Gasteiger partial charge is 0.363 e. The van der Waals surface area contributed by atoms with Gasteiger partial charge in [0.05, 0.1) is 0 Å². The molecule has 156 valence electrons. The molecule has 0 saturated carbocycles. The van der Waals surface area contributed by atoms with Crippen molar-refractivity contribution in [2.75, 3.05) is 0 Å². The molecule has 0 aromatic heterocycles. The Morgan fingerprint density at radius 3 is 2.42 bits per heavy atom. The third kappa shape index (κ3) is 4.76. The first-order chi connectivity index (χ1) is 14.8. The SMILES string of the molecule is Cc1ccc(C2=N/C(=C/c3cc(Br)ccc3OS(=O)(=O)c3ccccc3)C(=O)O2)cc1. The van der Waals surface area contributed by atoms with E-state index in [1.807, 2.05) is 31.2 Å². The number of carbonyl (C=O) groups is 1. The third-order valence-corrected chi connectivity index (χ3v) is 6.16. The molecule has 0 amide bonds. The molecule has 31 heavy (non-hydrogen) atoms. The van der Waals surface area contributed by atoms with E-state index in [4.69, 9.17) is 8.92 Å². The predicted molar refractivity (Wildman–Crippen MR) is 120 cm³/mol. The molecule has 4 rings (SSSR count). The topological polar surface area (TPSA) is 82.0 Å². The number of carbonyl (C=O) groups excluding carboxylic acids is 1. The Bertz CT molecular complexity index is 1310. The Balaban J connectivity index is 1.70. The Morgan fingerprint density at radius 1 is 1.00 bits per heavy atom. The van der Waals surface area contributed by atoms with Gasteiger partial charge in [0, 0.05) is 15.6 Å². The lowest BCUT2D eigenvalue weighted by Crippen LogP contribution is -2.10. The molecule has 0 atom stereocenters. The van der Waals surface area contributed by atoms with E-state index < -0.39 is 16.1 Å². The molecule has 0 fully saturated rings. The molecule has 6 nitrogen and oxygen atoms in total. The van der Waals surface area contributed by atoms with Crippen molar-refractivity contribution in [2.45, 2.75) is 11.8 Å². The van der Waals surface area contributed by atoms with Crippen molar-refractivity contribution >= 4 is 44.0 Å². The van der Waals surface area contributed by atoms with E-state index in [-0.39, 0.29) is 22.2 Å². The van der Waals surface area contributed by atoms with Gasteiger partial charge in [0.25, 0.3) is 0 Å². The van der Waals surface area contributed by atoms with Crippen molar-refractivity contribution < 1.29 is 22.1 Å². The summed E-state index contributed by atoms with van der Waals surface area (Å²) in [5.74, 6) is -0.385. The minimum Gasteiger partial charge on any atom is -0.402 e. The van der Waals surface area contributed by atoms with Crippen LogP contribution in [0, 0.1) is 6.92 Å². The van der Waals surface area contributed by atoms with Gasteiger partial charge in [-0.2, -0.15) is 8.42 Å². The molecule has 1 aliphatic heterocycles. The van der Waals surface area contributed by atoms with Gasteiger partial charge in [-0.1, -0.05) is 51.8 Å². The summed E-state index contributed by atoms with van der Waals surface area (Å²) >= 11 is 3.35. The molecule has 1 aliphatic rings. The molecule has 0 aliphatic carbocycles. The van der Waals surface area contributed by atoms with E-state index in [2.05, 4.69) is 20.9 Å². The highest BCUT2D eigenvalue weighted by atomic mass is 79.9. The molecular formula is C23H16BrNO5S. The molecule has 3 aromatic carbocycles. The maximum absolute atomic E-state index is 12.6. The second-order valence-corrected chi connectivity index (χ2v) is 9.20. The van der Waals surface area contributed by atoms with E-state index in [0.29, 0.717) is 15.6 Å². The highest BCUT2D eigenvalue weighted by Crippen LogP contribution is 2.30. The zero-order chi connectivity index (χ0) is 22.0. The van der Waals surface area contributed by atoms with Gasteiger partial charge in [-0.3, -0.25) is 0 Å². The van der Waals surface area contributed by atoms with Gasteiger partial charge in [-0.25, -0.2) is 9.79 Å². The summed E-state index contributed by atoms with van der Waals surface area (Å²) < 4.78 is 36.6. The second kappa shape index (κ2) is 8.49. The third-order valence-electron chi connectivity index (χ3n) is 4.41. The van der Waals surface area contributed by atoms with Crippen LogP contribution in [0.2, 0.25) is 0 Å².